The summed E-state index contributed by atoms with van der Waals surface area (Å²) >= 11 is 0. The molecule has 0 aliphatic carbocycles. The molecule has 1 aromatic carbocycles. The Hall–Kier alpha value is -1.87. The summed E-state index contributed by atoms with van der Waals surface area (Å²) in [5.74, 6) is 0. The molecular formula is C12H11NO2. The standard InChI is InChI=1S/C12H11NO2/c14-8-10-6-7-11(13-12(10)15)9-4-2-1-3-5-9/h1-7,14H,8H2,(H,13,15). The topological polar surface area (TPSA) is 53.1 Å². The van der Waals surface area contributed by atoms with Gasteiger partial charge in [0.2, 0.25) is 0 Å². The van der Waals surface area contributed by atoms with Crippen molar-refractivity contribution in [3.63, 3.8) is 0 Å². The van der Waals surface area contributed by atoms with Gasteiger partial charge in [0.1, 0.15) is 0 Å². The lowest BCUT2D eigenvalue weighted by Gasteiger charge is -2.02. The highest BCUT2D eigenvalue weighted by Gasteiger charge is 2.00. The highest BCUT2D eigenvalue weighted by molar-refractivity contribution is 5.58. The summed E-state index contributed by atoms with van der Waals surface area (Å²) in [5.41, 5.74) is 1.87. The SMILES string of the molecule is O=c1[nH]c(-c2ccccc2)ccc1CO. The van der Waals surface area contributed by atoms with Gasteiger partial charge in [-0.2, -0.15) is 0 Å². The highest BCUT2D eigenvalue weighted by Crippen LogP contribution is 2.14. The summed E-state index contributed by atoms with van der Waals surface area (Å²) in [6.07, 6.45) is 0. The molecule has 0 aliphatic rings. The van der Waals surface area contributed by atoms with Gasteiger partial charge >= 0.3 is 0 Å². The maximum atomic E-state index is 11.4. The minimum Gasteiger partial charge on any atom is -0.391 e. The van der Waals surface area contributed by atoms with Crippen molar-refractivity contribution in [2.75, 3.05) is 0 Å². The van der Waals surface area contributed by atoms with E-state index in [2.05, 4.69) is 4.98 Å². The molecule has 0 amide bonds. The molecule has 0 radical (unpaired) electrons. The number of aromatic amines is 1. The average molecular weight is 201 g/mol. The van der Waals surface area contributed by atoms with E-state index >= 15 is 0 Å². The molecule has 0 spiro atoms. The lowest BCUT2D eigenvalue weighted by Crippen LogP contribution is -2.12. The molecule has 0 fully saturated rings. The van der Waals surface area contributed by atoms with Crippen LogP contribution in [0.5, 0.6) is 0 Å². The van der Waals surface area contributed by atoms with Gasteiger partial charge in [-0.3, -0.25) is 4.79 Å². The van der Waals surface area contributed by atoms with Crippen molar-refractivity contribution in [2.24, 2.45) is 0 Å². The van der Waals surface area contributed by atoms with E-state index in [0.29, 0.717) is 5.56 Å². The van der Waals surface area contributed by atoms with Crippen LogP contribution in [0.15, 0.2) is 47.3 Å². The fourth-order valence-electron chi connectivity index (χ4n) is 1.41. The molecule has 0 atom stereocenters. The fraction of sp³-hybridized carbons (Fsp3) is 0.0833. The number of rotatable bonds is 2. The van der Waals surface area contributed by atoms with Crippen LogP contribution in [0.25, 0.3) is 11.3 Å². The van der Waals surface area contributed by atoms with Gasteiger partial charge in [0, 0.05) is 11.3 Å². The summed E-state index contributed by atoms with van der Waals surface area (Å²) in [6.45, 7) is -0.232. The van der Waals surface area contributed by atoms with Crippen LogP contribution in [0.3, 0.4) is 0 Å². The minimum atomic E-state index is -0.237. The summed E-state index contributed by atoms with van der Waals surface area (Å²) in [6, 6.07) is 13.0. The molecule has 2 N–H and O–H groups in total. The molecule has 0 aliphatic heterocycles. The van der Waals surface area contributed by atoms with Crippen LogP contribution in [-0.2, 0) is 6.61 Å². The number of aliphatic hydroxyl groups is 1. The van der Waals surface area contributed by atoms with Gasteiger partial charge in [0.15, 0.2) is 0 Å². The van der Waals surface area contributed by atoms with Gasteiger partial charge in [-0.15, -0.1) is 0 Å². The number of aromatic nitrogens is 1. The Morgan fingerprint density at radius 3 is 2.40 bits per heavy atom. The van der Waals surface area contributed by atoms with Gasteiger partial charge in [-0.05, 0) is 17.7 Å². The average Bonchev–Trinajstić information content (AvgIpc) is 2.30. The maximum absolute atomic E-state index is 11.4. The Labute approximate surface area is 87.0 Å². The van der Waals surface area contributed by atoms with Gasteiger partial charge in [0.25, 0.3) is 5.56 Å². The predicted octanol–water partition coefficient (Wildman–Crippen LogP) is 1.53. The molecule has 3 heteroatoms. The smallest absolute Gasteiger partial charge is 0.253 e. The summed E-state index contributed by atoms with van der Waals surface area (Å²) in [5, 5.41) is 8.86. The van der Waals surface area contributed by atoms with Crippen molar-refractivity contribution in [1.29, 1.82) is 0 Å². The van der Waals surface area contributed by atoms with Crippen molar-refractivity contribution in [1.82, 2.24) is 4.98 Å². The number of aliphatic hydroxyl groups excluding tert-OH is 1. The van der Waals surface area contributed by atoms with Gasteiger partial charge in [0.05, 0.1) is 6.61 Å². The molecule has 15 heavy (non-hydrogen) atoms. The van der Waals surface area contributed by atoms with E-state index < -0.39 is 0 Å². The van der Waals surface area contributed by atoms with E-state index in [1.54, 1.807) is 12.1 Å². The zero-order valence-electron chi connectivity index (χ0n) is 8.10. The van der Waals surface area contributed by atoms with Crippen LogP contribution in [-0.4, -0.2) is 10.1 Å². The van der Waals surface area contributed by atoms with Crippen molar-refractivity contribution in [3.05, 3.63) is 58.4 Å². The Morgan fingerprint density at radius 1 is 1.07 bits per heavy atom. The second-order valence-electron chi connectivity index (χ2n) is 3.25. The number of pyridine rings is 1. The molecule has 76 valence electrons. The molecule has 1 aromatic heterocycles. The maximum Gasteiger partial charge on any atom is 0.253 e. The molecule has 1 heterocycles. The first-order chi connectivity index (χ1) is 7.31. The quantitative estimate of drug-likeness (QED) is 0.774. The van der Waals surface area contributed by atoms with E-state index in [1.165, 1.54) is 0 Å². The van der Waals surface area contributed by atoms with Crippen LogP contribution in [0.2, 0.25) is 0 Å². The lowest BCUT2D eigenvalue weighted by molar-refractivity contribution is 0.280. The van der Waals surface area contributed by atoms with Crippen molar-refractivity contribution in [2.45, 2.75) is 6.61 Å². The number of hydrogen-bond donors (Lipinski definition) is 2. The van der Waals surface area contributed by atoms with Gasteiger partial charge in [-0.1, -0.05) is 30.3 Å². The molecular weight excluding hydrogens is 190 g/mol. The minimum absolute atomic E-state index is 0.232. The van der Waals surface area contributed by atoms with Crippen LogP contribution in [0.1, 0.15) is 5.56 Å². The summed E-state index contributed by atoms with van der Waals surface area (Å²) in [4.78, 5) is 14.2. The Balaban J connectivity index is 2.48. The first kappa shape index (κ1) is 9.68. The largest absolute Gasteiger partial charge is 0.391 e. The van der Waals surface area contributed by atoms with Crippen molar-refractivity contribution in [3.8, 4) is 11.3 Å². The van der Waals surface area contributed by atoms with E-state index in [4.69, 9.17) is 5.11 Å². The first-order valence-corrected chi connectivity index (χ1v) is 4.70. The van der Waals surface area contributed by atoms with Crippen LogP contribution in [0.4, 0.5) is 0 Å². The van der Waals surface area contributed by atoms with Crippen molar-refractivity contribution >= 4 is 0 Å². The third-order valence-electron chi connectivity index (χ3n) is 2.25. The van der Waals surface area contributed by atoms with E-state index in [1.807, 2.05) is 30.3 Å². The molecule has 0 bridgehead atoms. The van der Waals surface area contributed by atoms with Crippen LogP contribution >= 0.6 is 0 Å². The second-order valence-corrected chi connectivity index (χ2v) is 3.25. The zero-order chi connectivity index (χ0) is 10.7. The van der Waals surface area contributed by atoms with Crippen LogP contribution < -0.4 is 5.56 Å². The molecule has 2 rings (SSSR count). The van der Waals surface area contributed by atoms with E-state index in [-0.39, 0.29) is 12.2 Å². The van der Waals surface area contributed by atoms with Gasteiger partial charge < -0.3 is 10.1 Å². The fourth-order valence-corrected chi connectivity index (χ4v) is 1.41. The molecule has 0 unspecified atom stereocenters. The summed E-state index contributed by atoms with van der Waals surface area (Å²) < 4.78 is 0. The van der Waals surface area contributed by atoms with E-state index in [0.717, 1.165) is 11.3 Å². The number of nitrogens with one attached hydrogen (secondary N) is 1. The predicted molar refractivity (Wildman–Crippen MR) is 58.4 cm³/mol. The Morgan fingerprint density at radius 2 is 1.80 bits per heavy atom. The Kier molecular flexibility index (Phi) is 2.65. The van der Waals surface area contributed by atoms with Crippen LogP contribution in [0, 0.1) is 0 Å². The first-order valence-electron chi connectivity index (χ1n) is 4.70. The number of benzene rings is 1. The highest BCUT2D eigenvalue weighted by atomic mass is 16.3. The second kappa shape index (κ2) is 4.11. The van der Waals surface area contributed by atoms with Crippen molar-refractivity contribution < 1.29 is 5.11 Å². The molecule has 0 saturated heterocycles. The third kappa shape index (κ3) is 1.97. The summed E-state index contributed by atoms with van der Waals surface area (Å²) in [7, 11) is 0. The van der Waals surface area contributed by atoms with E-state index in [9.17, 15) is 4.79 Å². The number of hydrogen-bond acceptors (Lipinski definition) is 2. The number of H-pyrrole nitrogens is 1. The molecule has 0 saturated carbocycles. The molecule has 2 aromatic rings. The normalized spacial score (nSPS) is 10.2. The zero-order valence-corrected chi connectivity index (χ0v) is 8.10. The monoisotopic (exact) mass is 201 g/mol. The molecule has 3 nitrogen and oxygen atoms in total. The third-order valence-corrected chi connectivity index (χ3v) is 2.25. The Bertz CT molecular complexity index is 503. The van der Waals surface area contributed by atoms with Gasteiger partial charge in [-0.25, -0.2) is 0 Å². The lowest BCUT2D eigenvalue weighted by atomic mass is 10.1.